The SMILES string of the molecule is c1ccc2c(c1)CNSO2. The van der Waals surface area contributed by atoms with E-state index in [1.165, 1.54) is 17.8 Å². The highest BCUT2D eigenvalue weighted by Crippen LogP contribution is 2.24. The largest absolute Gasteiger partial charge is 0.409 e. The lowest BCUT2D eigenvalue weighted by Gasteiger charge is -2.14. The molecular formula is C7H7NOS. The van der Waals surface area contributed by atoms with Crippen molar-refractivity contribution in [1.29, 1.82) is 0 Å². The van der Waals surface area contributed by atoms with Crippen molar-refractivity contribution >= 4 is 12.2 Å². The van der Waals surface area contributed by atoms with Crippen molar-refractivity contribution in [2.24, 2.45) is 0 Å². The average molecular weight is 153 g/mol. The number of fused-ring (bicyclic) bond motifs is 1. The molecular weight excluding hydrogens is 146 g/mol. The van der Waals surface area contributed by atoms with Crippen LogP contribution in [0, 0.1) is 0 Å². The van der Waals surface area contributed by atoms with Gasteiger partial charge in [-0.05, 0) is 6.07 Å². The maximum atomic E-state index is 5.23. The Balaban J connectivity index is 2.41. The molecule has 1 aromatic carbocycles. The fourth-order valence-electron chi connectivity index (χ4n) is 0.913. The molecule has 0 aliphatic carbocycles. The van der Waals surface area contributed by atoms with Crippen molar-refractivity contribution in [1.82, 2.24) is 4.72 Å². The van der Waals surface area contributed by atoms with Gasteiger partial charge in [0.2, 0.25) is 0 Å². The van der Waals surface area contributed by atoms with Crippen LogP contribution in [0.15, 0.2) is 24.3 Å². The molecule has 0 saturated heterocycles. The highest BCUT2D eigenvalue weighted by atomic mass is 32.2. The van der Waals surface area contributed by atoms with Gasteiger partial charge in [0, 0.05) is 12.1 Å². The number of rotatable bonds is 0. The molecule has 0 atom stereocenters. The van der Waals surface area contributed by atoms with E-state index in [4.69, 9.17) is 4.18 Å². The van der Waals surface area contributed by atoms with Crippen molar-refractivity contribution < 1.29 is 4.18 Å². The first kappa shape index (κ1) is 6.07. The molecule has 3 heteroatoms. The lowest BCUT2D eigenvalue weighted by molar-refractivity contribution is 0.600. The molecule has 1 N–H and O–H groups in total. The lowest BCUT2D eigenvalue weighted by atomic mass is 10.2. The van der Waals surface area contributed by atoms with Gasteiger partial charge in [0.05, 0.1) is 0 Å². The summed E-state index contributed by atoms with van der Waals surface area (Å²) in [5.74, 6) is 0.978. The molecule has 10 heavy (non-hydrogen) atoms. The summed E-state index contributed by atoms with van der Waals surface area (Å²) < 4.78 is 8.26. The number of benzene rings is 1. The smallest absolute Gasteiger partial charge is 0.144 e. The van der Waals surface area contributed by atoms with E-state index in [-0.39, 0.29) is 0 Å². The second-order valence-corrected chi connectivity index (χ2v) is 2.72. The van der Waals surface area contributed by atoms with Crippen LogP contribution in [-0.2, 0) is 6.54 Å². The Morgan fingerprint density at radius 2 is 2.30 bits per heavy atom. The molecule has 0 amide bonds. The van der Waals surface area contributed by atoms with Gasteiger partial charge in [0.25, 0.3) is 0 Å². The zero-order chi connectivity index (χ0) is 6.81. The van der Waals surface area contributed by atoms with E-state index < -0.39 is 0 Å². The summed E-state index contributed by atoms with van der Waals surface area (Å²) in [4.78, 5) is 0. The first-order valence-corrected chi connectivity index (χ1v) is 3.85. The van der Waals surface area contributed by atoms with Crippen molar-refractivity contribution in [2.45, 2.75) is 6.54 Å². The molecule has 0 aromatic heterocycles. The fraction of sp³-hybridized carbons (Fsp3) is 0.143. The van der Waals surface area contributed by atoms with Crippen LogP contribution in [0.5, 0.6) is 5.75 Å². The quantitative estimate of drug-likeness (QED) is 0.453. The topological polar surface area (TPSA) is 21.3 Å². The van der Waals surface area contributed by atoms with Gasteiger partial charge >= 0.3 is 0 Å². The maximum absolute atomic E-state index is 5.23. The molecule has 0 bridgehead atoms. The molecule has 0 unspecified atom stereocenters. The van der Waals surface area contributed by atoms with Crippen LogP contribution in [0.25, 0.3) is 0 Å². The van der Waals surface area contributed by atoms with Crippen LogP contribution in [0.1, 0.15) is 5.56 Å². The first-order valence-electron chi connectivity index (χ1n) is 3.11. The summed E-state index contributed by atoms with van der Waals surface area (Å²) in [6.45, 7) is 0.890. The summed E-state index contributed by atoms with van der Waals surface area (Å²) in [7, 11) is 0. The normalized spacial score (nSPS) is 15.6. The Kier molecular flexibility index (Phi) is 1.53. The Labute approximate surface area is 63.9 Å². The fourth-order valence-corrected chi connectivity index (χ4v) is 1.44. The second-order valence-electron chi connectivity index (χ2n) is 2.10. The number of hydrogen-bond acceptors (Lipinski definition) is 3. The summed E-state index contributed by atoms with van der Waals surface area (Å²) in [5.41, 5.74) is 1.22. The van der Waals surface area contributed by atoms with Crippen LogP contribution in [0.3, 0.4) is 0 Å². The molecule has 2 rings (SSSR count). The molecule has 52 valence electrons. The molecule has 1 heterocycles. The molecule has 0 spiro atoms. The van der Waals surface area contributed by atoms with E-state index in [0.717, 1.165) is 12.3 Å². The van der Waals surface area contributed by atoms with Crippen molar-refractivity contribution in [3.8, 4) is 5.75 Å². The average Bonchev–Trinajstić information content (AvgIpc) is 2.05. The van der Waals surface area contributed by atoms with Crippen molar-refractivity contribution in [2.75, 3.05) is 0 Å². The van der Waals surface area contributed by atoms with Gasteiger partial charge in [0.15, 0.2) is 0 Å². The Morgan fingerprint density at radius 3 is 3.20 bits per heavy atom. The van der Waals surface area contributed by atoms with Crippen LogP contribution < -0.4 is 8.91 Å². The van der Waals surface area contributed by atoms with Gasteiger partial charge in [-0.15, -0.1) is 0 Å². The van der Waals surface area contributed by atoms with Crippen LogP contribution in [0.4, 0.5) is 0 Å². The molecule has 1 aliphatic rings. The highest BCUT2D eigenvalue weighted by molar-refractivity contribution is 7.93. The third-order valence-electron chi connectivity index (χ3n) is 1.43. The zero-order valence-electron chi connectivity index (χ0n) is 5.33. The number of para-hydroxylation sites is 1. The monoisotopic (exact) mass is 153 g/mol. The zero-order valence-corrected chi connectivity index (χ0v) is 6.15. The predicted octanol–water partition coefficient (Wildman–Crippen LogP) is 1.73. The van der Waals surface area contributed by atoms with E-state index in [1.54, 1.807) is 0 Å². The van der Waals surface area contributed by atoms with Crippen molar-refractivity contribution in [3.63, 3.8) is 0 Å². The summed E-state index contributed by atoms with van der Waals surface area (Å²) in [5, 5.41) is 0. The van der Waals surface area contributed by atoms with Gasteiger partial charge in [-0.25, -0.2) is 4.72 Å². The van der Waals surface area contributed by atoms with Crippen LogP contribution in [-0.4, -0.2) is 0 Å². The van der Waals surface area contributed by atoms with E-state index in [2.05, 4.69) is 10.8 Å². The van der Waals surface area contributed by atoms with Crippen molar-refractivity contribution in [3.05, 3.63) is 29.8 Å². The molecule has 0 radical (unpaired) electrons. The van der Waals surface area contributed by atoms with E-state index in [1.807, 2.05) is 18.2 Å². The molecule has 1 aliphatic heterocycles. The minimum absolute atomic E-state index is 0.890. The standard InChI is InChI=1S/C7H7NOS/c1-2-4-7-6(3-1)5-8-10-9-7/h1-4,8H,5H2. The third-order valence-corrected chi connectivity index (χ3v) is 1.95. The van der Waals surface area contributed by atoms with Gasteiger partial charge in [-0.2, -0.15) is 0 Å². The summed E-state index contributed by atoms with van der Waals surface area (Å²) in [6, 6.07) is 8.02. The third kappa shape index (κ3) is 0.978. The van der Waals surface area contributed by atoms with E-state index >= 15 is 0 Å². The van der Waals surface area contributed by atoms with Gasteiger partial charge in [-0.1, -0.05) is 18.2 Å². The minimum Gasteiger partial charge on any atom is -0.409 e. The van der Waals surface area contributed by atoms with Gasteiger partial charge in [-0.3, -0.25) is 0 Å². The Morgan fingerprint density at radius 1 is 1.40 bits per heavy atom. The summed E-state index contributed by atoms with van der Waals surface area (Å²) in [6.07, 6.45) is 0. The molecule has 0 saturated carbocycles. The number of hydrogen-bond donors (Lipinski definition) is 1. The Hall–Kier alpha value is -0.670. The van der Waals surface area contributed by atoms with Gasteiger partial charge in [0.1, 0.15) is 18.0 Å². The van der Waals surface area contributed by atoms with E-state index in [0.29, 0.717) is 0 Å². The second kappa shape index (κ2) is 2.52. The first-order chi connectivity index (χ1) is 4.97. The molecule has 2 nitrogen and oxygen atoms in total. The molecule has 0 fully saturated rings. The molecule has 1 aromatic rings. The maximum Gasteiger partial charge on any atom is 0.144 e. The van der Waals surface area contributed by atoms with Gasteiger partial charge < -0.3 is 4.18 Å². The number of nitrogens with one attached hydrogen (secondary N) is 1. The van der Waals surface area contributed by atoms with E-state index in [9.17, 15) is 0 Å². The highest BCUT2D eigenvalue weighted by Gasteiger charge is 2.07. The minimum atomic E-state index is 0.890. The summed E-state index contributed by atoms with van der Waals surface area (Å²) >= 11 is 1.29. The lowest BCUT2D eigenvalue weighted by Crippen LogP contribution is -2.11. The van der Waals surface area contributed by atoms with Crippen LogP contribution in [0.2, 0.25) is 0 Å². The predicted molar refractivity (Wildman–Crippen MR) is 41.5 cm³/mol. The van der Waals surface area contributed by atoms with Crippen LogP contribution >= 0.6 is 12.2 Å². The Bertz CT molecular complexity index is 214.